The fourth-order valence-corrected chi connectivity index (χ4v) is 3.43. The normalized spacial score (nSPS) is 16.0. The lowest BCUT2D eigenvalue weighted by Crippen LogP contribution is -2.51. The van der Waals surface area contributed by atoms with Crippen LogP contribution >= 0.6 is 11.8 Å². The van der Waals surface area contributed by atoms with Crippen molar-refractivity contribution in [2.45, 2.75) is 50.6 Å². The molecule has 0 aromatic heterocycles. The molecule has 1 fully saturated rings. The third-order valence-electron chi connectivity index (χ3n) is 4.33. The van der Waals surface area contributed by atoms with E-state index in [2.05, 4.69) is 10.6 Å². The molecule has 0 saturated heterocycles. The maximum atomic E-state index is 12.6. The molecular formula is C19H28N2O3S. The zero-order chi connectivity index (χ0) is 17.9. The summed E-state index contributed by atoms with van der Waals surface area (Å²) in [7, 11) is 0. The molecular weight excluding hydrogens is 336 g/mol. The minimum Gasteiger partial charge on any atom is -0.484 e. The van der Waals surface area contributed by atoms with E-state index in [1.165, 1.54) is 6.42 Å². The van der Waals surface area contributed by atoms with Crippen LogP contribution in [-0.2, 0) is 9.59 Å². The van der Waals surface area contributed by atoms with Gasteiger partial charge < -0.3 is 15.4 Å². The van der Waals surface area contributed by atoms with Crippen molar-refractivity contribution in [2.24, 2.45) is 0 Å². The van der Waals surface area contributed by atoms with Crippen LogP contribution in [0.5, 0.6) is 5.75 Å². The predicted octanol–water partition coefficient (Wildman–Crippen LogP) is 2.75. The Bertz CT molecular complexity index is 533. The van der Waals surface area contributed by atoms with Crippen LogP contribution < -0.4 is 15.4 Å². The van der Waals surface area contributed by atoms with Crippen LogP contribution in [0.3, 0.4) is 0 Å². The molecule has 1 saturated carbocycles. The lowest BCUT2D eigenvalue weighted by Gasteiger charge is -2.26. The van der Waals surface area contributed by atoms with Gasteiger partial charge in [-0.25, -0.2) is 0 Å². The van der Waals surface area contributed by atoms with Crippen molar-refractivity contribution in [3.05, 3.63) is 30.3 Å². The zero-order valence-electron chi connectivity index (χ0n) is 14.8. The lowest BCUT2D eigenvalue weighted by atomic mass is 9.95. The Morgan fingerprint density at radius 2 is 1.92 bits per heavy atom. The second-order valence-electron chi connectivity index (χ2n) is 6.35. The highest BCUT2D eigenvalue weighted by atomic mass is 32.2. The largest absolute Gasteiger partial charge is 0.484 e. The third-order valence-corrected chi connectivity index (χ3v) is 4.97. The first-order chi connectivity index (χ1) is 12.2. The van der Waals surface area contributed by atoms with Gasteiger partial charge in [0.1, 0.15) is 11.8 Å². The number of thioether (sulfide) groups is 1. The molecule has 2 amide bonds. The molecule has 0 unspecified atom stereocenters. The van der Waals surface area contributed by atoms with Crippen molar-refractivity contribution < 1.29 is 14.3 Å². The standard InChI is InChI=1S/C19H28N2O3S/c1-25-13-12-17(19(23)20-15-8-4-2-5-9-15)21-18(22)14-24-16-10-6-3-7-11-16/h3,6-7,10-11,15,17H,2,4-5,8-9,12-14H2,1H3,(H,20,23)(H,21,22)/t17-/m0/s1. The number of hydrogen-bond donors (Lipinski definition) is 2. The molecule has 0 spiro atoms. The number of amides is 2. The van der Waals surface area contributed by atoms with Crippen molar-refractivity contribution in [1.82, 2.24) is 10.6 Å². The van der Waals surface area contributed by atoms with E-state index in [-0.39, 0.29) is 24.5 Å². The van der Waals surface area contributed by atoms with Crippen LogP contribution in [-0.4, -0.2) is 42.5 Å². The molecule has 0 bridgehead atoms. The molecule has 2 N–H and O–H groups in total. The highest BCUT2D eigenvalue weighted by Crippen LogP contribution is 2.17. The Morgan fingerprint density at radius 1 is 1.20 bits per heavy atom. The van der Waals surface area contributed by atoms with E-state index in [9.17, 15) is 9.59 Å². The topological polar surface area (TPSA) is 67.4 Å². The third kappa shape index (κ3) is 7.38. The molecule has 138 valence electrons. The van der Waals surface area contributed by atoms with Gasteiger partial charge in [0.2, 0.25) is 5.91 Å². The summed E-state index contributed by atoms with van der Waals surface area (Å²) in [5.41, 5.74) is 0. The van der Waals surface area contributed by atoms with E-state index in [0.717, 1.165) is 31.4 Å². The van der Waals surface area contributed by atoms with Crippen molar-refractivity contribution in [1.29, 1.82) is 0 Å². The number of carbonyl (C=O) groups excluding carboxylic acids is 2. The first-order valence-corrected chi connectivity index (χ1v) is 10.3. The Morgan fingerprint density at radius 3 is 2.60 bits per heavy atom. The molecule has 6 heteroatoms. The van der Waals surface area contributed by atoms with E-state index < -0.39 is 6.04 Å². The van der Waals surface area contributed by atoms with Crippen molar-refractivity contribution in [3.8, 4) is 5.75 Å². The molecule has 1 aromatic carbocycles. The predicted molar refractivity (Wildman–Crippen MR) is 102 cm³/mol. The Kier molecular flexibility index (Phi) is 8.66. The Balaban J connectivity index is 1.82. The lowest BCUT2D eigenvalue weighted by molar-refractivity contribution is -0.130. The van der Waals surface area contributed by atoms with Gasteiger partial charge in [-0.05, 0) is 43.4 Å². The summed E-state index contributed by atoms with van der Waals surface area (Å²) in [6.45, 7) is -0.0868. The monoisotopic (exact) mass is 364 g/mol. The minimum absolute atomic E-state index is 0.0750. The van der Waals surface area contributed by atoms with Gasteiger partial charge in [-0.15, -0.1) is 0 Å². The quantitative estimate of drug-likeness (QED) is 0.707. The Hall–Kier alpha value is -1.69. The summed E-state index contributed by atoms with van der Waals surface area (Å²) in [5, 5.41) is 5.93. The van der Waals surface area contributed by atoms with Gasteiger partial charge in [0.15, 0.2) is 6.61 Å². The molecule has 5 nitrogen and oxygen atoms in total. The second kappa shape index (κ2) is 11.0. The maximum Gasteiger partial charge on any atom is 0.258 e. The molecule has 0 aliphatic heterocycles. The first-order valence-electron chi connectivity index (χ1n) is 8.95. The second-order valence-corrected chi connectivity index (χ2v) is 7.33. The summed E-state index contributed by atoms with van der Waals surface area (Å²) in [4.78, 5) is 24.7. The van der Waals surface area contributed by atoms with Gasteiger partial charge in [0.25, 0.3) is 5.91 Å². The van der Waals surface area contributed by atoms with Crippen molar-refractivity contribution in [3.63, 3.8) is 0 Å². The summed E-state index contributed by atoms with van der Waals surface area (Å²) in [5.74, 6) is 1.12. The number of nitrogens with one attached hydrogen (secondary N) is 2. The molecule has 0 radical (unpaired) electrons. The summed E-state index contributed by atoms with van der Waals surface area (Å²) < 4.78 is 5.45. The van der Waals surface area contributed by atoms with Crippen LogP contribution in [0.25, 0.3) is 0 Å². The first kappa shape index (κ1) is 19.6. The Labute approximate surface area is 154 Å². The molecule has 1 aliphatic carbocycles. The molecule has 1 aromatic rings. The fourth-order valence-electron chi connectivity index (χ4n) is 2.95. The summed E-state index contributed by atoms with van der Waals surface area (Å²) in [6, 6.07) is 8.94. The van der Waals surface area contributed by atoms with Crippen LogP contribution in [0, 0.1) is 0 Å². The maximum absolute atomic E-state index is 12.6. The number of benzene rings is 1. The number of para-hydroxylation sites is 1. The van der Waals surface area contributed by atoms with Gasteiger partial charge in [0.05, 0.1) is 0 Å². The SMILES string of the molecule is CSCC[C@H](NC(=O)COc1ccccc1)C(=O)NC1CCCCC1. The molecule has 25 heavy (non-hydrogen) atoms. The van der Waals surface area contributed by atoms with E-state index >= 15 is 0 Å². The van der Waals surface area contributed by atoms with Gasteiger partial charge >= 0.3 is 0 Å². The molecule has 0 heterocycles. The number of rotatable bonds is 9. The number of carbonyl (C=O) groups is 2. The number of ether oxygens (including phenoxy) is 1. The highest BCUT2D eigenvalue weighted by Gasteiger charge is 2.24. The van der Waals surface area contributed by atoms with Crippen LogP contribution in [0.4, 0.5) is 0 Å². The van der Waals surface area contributed by atoms with Crippen LogP contribution in [0.15, 0.2) is 30.3 Å². The zero-order valence-corrected chi connectivity index (χ0v) is 15.6. The van der Waals surface area contributed by atoms with Gasteiger partial charge in [-0.1, -0.05) is 37.5 Å². The fraction of sp³-hybridized carbons (Fsp3) is 0.579. The molecule has 1 aliphatic rings. The summed E-state index contributed by atoms with van der Waals surface area (Å²) >= 11 is 1.67. The number of hydrogen-bond acceptors (Lipinski definition) is 4. The highest BCUT2D eigenvalue weighted by molar-refractivity contribution is 7.98. The van der Waals surface area contributed by atoms with E-state index in [4.69, 9.17) is 4.74 Å². The average Bonchev–Trinajstić information content (AvgIpc) is 2.65. The van der Waals surface area contributed by atoms with Crippen LogP contribution in [0.2, 0.25) is 0 Å². The van der Waals surface area contributed by atoms with Crippen LogP contribution in [0.1, 0.15) is 38.5 Å². The van der Waals surface area contributed by atoms with Gasteiger partial charge in [-0.3, -0.25) is 9.59 Å². The van der Waals surface area contributed by atoms with E-state index in [0.29, 0.717) is 12.2 Å². The van der Waals surface area contributed by atoms with E-state index in [1.807, 2.05) is 24.5 Å². The van der Waals surface area contributed by atoms with E-state index in [1.54, 1.807) is 23.9 Å². The van der Waals surface area contributed by atoms with Gasteiger partial charge in [-0.2, -0.15) is 11.8 Å². The molecule has 1 atom stereocenters. The van der Waals surface area contributed by atoms with Crippen molar-refractivity contribution >= 4 is 23.6 Å². The van der Waals surface area contributed by atoms with Crippen molar-refractivity contribution in [2.75, 3.05) is 18.6 Å². The van der Waals surface area contributed by atoms with Gasteiger partial charge in [0, 0.05) is 6.04 Å². The molecule has 2 rings (SSSR count). The smallest absolute Gasteiger partial charge is 0.258 e. The summed E-state index contributed by atoms with van der Waals surface area (Å²) in [6.07, 6.45) is 8.26. The minimum atomic E-state index is -0.499. The average molecular weight is 365 g/mol.